The van der Waals surface area contributed by atoms with Gasteiger partial charge in [0.2, 0.25) is 0 Å². The first kappa shape index (κ1) is 12.9. The second-order valence-corrected chi connectivity index (χ2v) is 5.38. The van der Waals surface area contributed by atoms with E-state index in [1.807, 2.05) is 0 Å². The maximum absolute atomic E-state index is 3.60. The Labute approximate surface area is 119 Å². The average molecular weight is 264 g/mol. The Bertz CT molecular complexity index is 712. The van der Waals surface area contributed by atoms with E-state index in [2.05, 4.69) is 78.9 Å². The molecule has 2 aromatic carbocycles. The molecule has 3 rings (SSSR count). The Morgan fingerprint density at radius 3 is 2.80 bits per heavy atom. The lowest BCUT2D eigenvalue weighted by Crippen LogP contribution is -2.17. The van der Waals surface area contributed by atoms with Gasteiger partial charge in [0, 0.05) is 29.7 Å². The molecule has 2 heteroatoms. The van der Waals surface area contributed by atoms with E-state index in [1.165, 1.54) is 27.6 Å². The number of benzene rings is 2. The maximum Gasteiger partial charge on any atom is 0.0457 e. The molecule has 0 spiro atoms. The van der Waals surface area contributed by atoms with E-state index in [0.717, 1.165) is 6.54 Å². The van der Waals surface area contributed by atoms with Crippen LogP contribution in [0.2, 0.25) is 0 Å². The van der Waals surface area contributed by atoms with Gasteiger partial charge in [-0.25, -0.2) is 0 Å². The first-order valence-corrected chi connectivity index (χ1v) is 7.09. The van der Waals surface area contributed by atoms with Crippen molar-refractivity contribution < 1.29 is 0 Å². The number of nitrogens with one attached hydrogen (secondary N) is 2. The Morgan fingerprint density at radius 2 is 1.95 bits per heavy atom. The van der Waals surface area contributed by atoms with E-state index < -0.39 is 0 Å². The molecule has 3 aromatic rings. The molecule has 0 amide bonds. The van der Waals surface area contributed by atoms with Crippen LogP contribution in [0.1, 0.15) is 29.7 Å². The summed E-state index contributed by atoms with van der Waals surface area (Å²) in [5.74, 6) is 0. The maximum atomic E-state index is 3.60. The van der Waals surface area contributed by atoms with Gasteiger partial charge in [-0.2, -0.15) is 0 Å². The molecule has 2 nitrogen and oxygen atoms in total. The molecule has 1 heterocycles. The molecule has 0 aliphatic carbocycles. The first-order valence-electron chi connectivity index (χ1n) is 7.09. The molecule has 0 saturated heterocycles. The first-order chi connectivity index (χ1) is 9.74. The van der Waals surface area contributed by atoms with Crippen LogP contribution < -0.4 is 5.32 Å². The van der Waals surface area contributed by atoms with Crippen molar-refractivity contribution in [1.82, 2.24) is 10.3 Å². The smallest absolute Gasteiger partial charge is 0.0457 e. The van der Waals surface area contributed by atoms with Gasteiger partial charge in [-0.3, -0.25) is 0 Å². The van der Waals surface area contributed by atoms with Crippen LogP contribution in [-0.4, -0.2) is 4.98 Å². The number of hydrogen-bond donors (Lipinski definition) is 2. The average Bonchev–Trinajstić information content (AvgIpc) is 2.88. The Balaban J connectivity index is 1.73. The monoisotopic (exact) mass is 264 g/mol. The van der Waals surface area contributed by atoms with Gasteiger partial charge in [-0.1, -0.05) is 48.0 Å². The van der Waals surface area contributed by atoms with E-state index >= 15 is 0 Å². The van der Waals surface area contributed by atoms with Gasteiger partial charge in [-0.05, 0) is 31.0 Å². The molecule has 0 unspecified atom stereocenters. The zero-order valence-corrected chi connectivity index (χ0v) is 12.0. The third kappa shape index (κ3) is 2.61. The second kappa shape index (κ2) is 5.51. The van der Waals surface area contributed by atoms with E-state index in [4.69, 9.17) is 0 Å². The van der Waals surface area contributed by atoms with Crippen molar-refractivity contribution in [1.29, 1.82) is 0 Å². The lowest BCUT2D eigenvalue weighted by atomic mass is 10.1. The van der Waals surface area contributed by atoms with E-state index in [-0.39, 0.29) is 0 Å². The van der Waals surface area contributed by atoms with E-state index in [0.29, 0.717) is 6.04 Å². The number of para-hydroxylation sites is 1. The summed E-state index contributed by atoms with van der Waals surface area (Å²) < 4.78 is 0. The van der Waals surface area contributed by atoms with Crippen molar-refractivity contribution in [2.75, 3.05) is 0 Å². The van der Waals surface area contributed by atoms with Gasteiger partial charge < -0.3 is 10.3 Å². The number of aromatic amines is 1. The Morgan fingerprint density at radius 1 is 1.10 bits per heavy atom. The predicted octanol–water partition coefficient (Wildman–Crippen LogP) is 4.33. The standard InChI is InChI=1S/C18H20N2/c1-13-6-5-7-15(10-13)14(2)19-11-16-12-20-18-9-4-3-8-17(16)18/h3-10,12,14,19-20H,11H2,1-2H3/t14-/m1/s1. The van der Waals surface area contributed by atoms with Gasteiger partial charge in [0.25, 0.3) is 0 Å². The van der Waals surface area contributed by atoms with Crippen LogP contribution in [0.25, 0.3) is 10.9 Å². The van der Waals surface area contributed by atoms with Gasteiger partial charge in [0.1, 0.15) is 0 Å². The molecule has 1 aromatic heterocycles. The van der Waals surface area contributed by atoms with Crippen molar-refractivity contribution in [2.45, 2.75) is 26.4 Å². The van der Waals surface area contributed by atoms with Crippen LogP contribution in [0.15, 0.2) is 54.7 Å². The fourth-order valence-electron chi connectivity index (χ4n) is 2.60. The molecule has 1 atom stereocenters. The van der Waals surface area contributed by atoms with Crippen LogP contribution in [-0.2, 0) is 6.54 Å². The molecule has 0 saturated carbocycles. The molecular weight excluding hydrogens is 244 g/mol. The normalized spacial score (nSPS) is 12.7. The van der Waals surface area contributed by atoms with Crippen molar-refractivity contribution >= 4 is 10.9 Å². The Kier molecular flexibility index (Phi) is 3.57. The van der Waals surface area contributed by atoms with Crippen LogP contribution >= 0.6 is 0 Å². The van der Waals surface area contributed by atoms with Crippen LogP contribution in [0, 0.1) is 6.92 Å². The third-order valence-corrected chi connectivity index (χ3v) is 3.82. The summed E-state index contributed by atoms with van der Waals surface area (Å²) in [7, 11) is 0. The number of H-pyrrole nitrogens is 1. The minimum Gasteiger partial charge on any atom is -0.361 e. The van der Waals surface area contributed by atoms with Gasteiger partial charge in [0.05, 0.1) is 0 Å². The van der Waals surface area contributed by atoms with Gasteiger partial charge in [-0.15, -0.1) is 0 Å². The molecule has 0 bridgehead atoms. The number of rotatable bonds is 4. The summed E-state index contributed by atoms with van der Waals surface area (Å²) in [5.41, 5.74) is 5.17. The molecule has 0 radical (unpaired) electrons. The minimum atomic E-state index is 0.351. The molecule has 2 N–H and O–H groups in total. The molecular formula is C18H20N2. The third-order valence-electron chi connectivity index (χ3n) is 3.82. The zero-order chi connectivity index (χ0) is 13.9. The van der Waals surface area contributed by atoms with Crippen LogP contribution in [0.3, 0.4) is 0 Å². The lowest BCUT2D eigenvalue weighted by Gasteiger charge is -2.14. The number of aryl methyl sites for hydroxylation is 1. The largest absolute Gasteiger partial charge is 0.361 e. The number of aromatic nitrogens is 1. The van der Waals surface area contributed by atoms with Crippen molar-refractivity contribution in [3.05, 3.63) is 71.4 Å². The van der Waals surface area contributed by atoms with Crippen LogP contribution in [0.5, 0.6) is 0 Å². The summed E-state index contributed by atoms with van der Waals surface area (Å²) in [5, 5.41) is 4.90. The number of fused-ring (bicyclic) bond motifs is 1. The van der Waals surface area contributed by atoms with Crippen LogP contribution in [0.4, 0.5) is 0 Å². The minimum absolute atomic E-state index is 0.351. The molecule has 20 heavy (non-hydrogen) atoms. The van der Waals surface area contributed by atoms with Crippen molar-refractivity contribution in [3.8, 4) is 0 Å². The van der Waals surface area contributed by atoms with Gasteiger partial charge in [0.15, 0.2) is 0 Å². The topological polar surface area (TPSA) is 27.8 Å². The zero-order valence-electron chi connectivity index (χ0n) is 12.0. The summed E-state index contributed by atoms with van der Waals surface area (Å²) in [6, 6.07) is 17.5. The SMILES string of the molecule is Cc1cccc([C@@H](C)NCc2c[nH]c3ccccc23)c1. The van der Waals surface area contributed by atoms with Crippen molar-refractivity contribution in [3.63, 3.8) is 0 Å². The highest BCUT2D eigenvalue weighted by atomic mass is 14.9. The fourth-order valence-corrected chi connectivity index (χ4v) is 2.60. The highest BCUT2D eigenvalue weighted by Gasteiger charge is 2.07. The lowest BCUT2D eigenvalue weighted by molar-refractivity contribution is 0.576. The summed E-state index contributed by atoms with van der Waals surface area (Å²) in [4.78, 5) is 3.32. The highest BCUT2D eigenvalue weighted by Crippen LogP contribution is 2.19. The fraction of sp³-hybridized carbons (Fsp3) is 0.222. The quantitative estimate of drug-likeness (QED) is 0.721. The summed E-state index contributed by atoms with van der Waals surface area (Å²) >= 11 is 0. The summed E-state index contributed by atoms with van der Waals surface area (Å²) in [6.45, 7) is 5.22. The van der Waals surface area contributed by atoms with Crippen molar-refractivity contribution in [2.24, 2.45) is 0 Å². The molecule has 0 aliphatic rings. The highest BCUT2D eigenvalue weighted by molar-refractivity contribution is 5.82. The summed E-state index contributed by atoms with van der Waals surface area (Å²) in [6.07, 6.45) is 2.10. The molecule has 0 aliphatic heterocycles. The second-order valence-electron chi connectivity index (χ2n) is 5.38. The van der Waals surface area contributed by atoms with Gasteiger partial charge >= 0.3 is 0 Å². The number of hydrogen-bond acceptors (Lipinski definition) is 1. The molecule has 0 fully saturated rings. The van der Waals surface area contributed by atoms with E-state index in [9.17, 15) is 0 Å². The van der Waals surface area contributed by atoms with E-state index in [1.54, 1.807) is 0 Å². The Hall–Kier alpha value is -2.06. The predicted molar refractivity (Wildman–Crippen MR) is 84.7 cm³/mol. The molecule has 102 valence electrons.